The maximum atomic E-state index is 12.5. The van der Waals surface area contributed by atoms with Crippen molar-refractivity contribution in [2.45, 2.75) is 13.0 Å². The van der Waals surface area contributed by atoms with Gasteiger partial charge in [0.05, 0.1) is 24.8 Å². The van der Waals surface area contributed by atoms with Crippen LogP contribution < -0.4 is 0 Å². The number of aryl methyl sites for hydroxylation is 1. The first-order valence-corrected chi connectivity index (χ1v) is 7.05. The number of nitrogens with zero attached hydrogens (tertiary/aromatic N) is 1. The first kappa shape index (κ1) is 15.0. The molecule has 5 nitrogen and oxygen atoms in total. The van der Waals surface area contributed by atoms with E-state index in [9.17, 15) is 9.59 Å². The zero-order valence-corrected chi connectivity index (χ0v) is 12.9. The highest BCUT2D eigenvalue weighted by Crippen LogP contribution is 2.24. The molecule has 1 aromatic rings. The molecule has 1 aromatic carbocycles. The average Bonchev–Trinajstić information content (AvgIpc) is 2.86. The van der Waals surface area contributed by atoms with Crippen molar-refractivity contribution in [1.82, 2.24) is 4.90 Å². The Balaban J connectivity index is 2.22. The van der Waals surface area contributed by atoms with Gasteiger partial charge in [-0.3, -0.25) is 9.59 Å². The van der Waals surface area contributed by atoms with E-state index in [0.717, 1.165) is 5.56 Å². The largest absolute Gasteiger partial charge is 0.481 e. The van der Waals surface area contributed by atoms with Crippen LogP contribution in [0.25, 0.3) is 0 Å². The van der Waals surface area contributed by atoms with Crippen LogP contribution in [0.5, 0.6) is 0 Å². The lowest BCUT2D eigenvalue weighted by Gasteiger charge is -2.26. The van der Waals surface area contributed by atoms with Crippen molar-refractivity contribution in [2.24, 2.45) is 5.92 Å². The Morgan fingerprint density at radius 2 is 2.10 bits per heavy atom. The summed E-state index contributed by atoms with van der Waals surface area (Å²) in [6, 6.07) is 5.02. The number of halogens is 1. The predicted molar refractivity (Wildman–Crippen MR) is 76.7 cm³/mol. The Morgan fingerprint density at radius 3 is 2.70 bits per heavy atom. The first-order valence-electron chi connectivity index (χ1n) is 6.25. The Bertz CT molecular complexity index is 546. The van der Waals surface area contributed by atoms with Gasteiger partial charge in [0, 0.05) is 11.5 Å². The summed E-state index contributed by atoms with van der Waals surface area (Å²) in [6.45, 7) is 2.34. The van der Waals surface area contributed by atoms with E-state index in [2.05, 4.69) is 15.9 Å². The van der Waals surface area contributed by atoms with E-state index in [0.29, 0.717) is 10.0 Å². The molecule has 1 saturated heterocycles. The van der Waals surface area contributed by atoms with E-state index >= 15 is 0 Å². The Hall–Kier alpha value is -1.40. The fourth-order valence-electron chi connectivity index (χ4n) is 2.29. The number of carboxylic acid groups (broad SMARTS) is 1. The number of aliphatic carboxylic acids is 1. The maximum absolute atomic E-state index is 12.5. The molecule has 2 rings (SSSR count). The summed E-state index contributed by atoms with van der Waals surface area (Å²) in [5.41, 5.74) is 1.57. The van der Waals surface area contributed by atoms with E-state index in [1.165, 1.54) is 4.90 Å². The second kappa shape index (κ2) is 5.93. The zero-order valence-electron chi connectivity index (χ0n) is 11.3. The molecule has 1 heterocycles. The SMILES string of the molecule is Cc1ccc(C(=O)N(C)C2COCC2C(=O)O)c(Br)c1. The number of ether oxygens (including phenoxy) is 1. The van der Waals surface area contributed by atoms with Crippen LogP contribution >= 0.6 is 15.9 Å². The zero-order chi connectivity index (χ0) is 14.9. The van der Waals surface area contributed by atoms with Crippen LogP contribution in [-0.4, -0.2) is 48.2 Å². The van der Waals surface area contributed by atoms with Gasteiger partial charge in [0.25, 0.3) is 5.91 Å². The number of amides is 1. The molecular weight excluding hydrogens is 326 g/mol. The molecule has 1 fully saturated rings. The third kappa shape index (κ3) is 2.86. The van der Waals surface area contributed by atoms with Crippen molar-refractivity contribution in [2.75, 3.05) is 20.3 Å². The Labute approximate surface area is 125 Å². The molecular formula is C14H16BrNO4. The van der Waals surface area contributed by atoms with Gasteiger partial charge in [-0.1, -0.05) is 6.07 Å². The minimum Gasteiger partial charge on any atom is -0.481 e. The highest BCUT2D eigenvalue weighted by atomic mass is 79.9. The lowest BCUT2D eigenvalue weighted by molar-refractivity contribution is -0.142. The minimum absolute atomic E-state index is 0.146. The summed E-state index contributed by atoms with van der Waals surface area (Å²) < 4.78 is 5.91. The van der Waals surface area contributed by atoms with Gasteiger partial charge in [-0.2, -0.15) is 0 Å². The summed E-state index contributed by atoms with van der Waals surface area (Å²) in [4.78, 5) is 25.1. The fourth-order valence-corrected chi connectivity index (χ4v) is 2.96. The number of hydrogen-bond donors (Lipinski definition) is 1. The van der Waals surface area contributed by atoms with Gasteiger partial charge in [0.15, 0.2) is 0 Å². The van der Waals surface area contributed by atoms with E-state index < -0.39 is 17.9 Å². The van der Waals surface area contributed by atoms with E-state index in [1.807, 2.05) is 19.1 Å². The molecule has 1 aliphatic rings. The van der Waals surface area contributed by atoms with Gasteiger partial charge in [-0.25, -0.2) is 0 Å². The van der Waals surface area contributed by atoms with Gasteiger partial charge in [-0.15, -0.1) is 0 Å². The topological polar surface area (TPSA) is 66.8 Å². The van der Waals surface area contributed by atoms with Crippen LogP contribution in [0.4, 0.5) is 0 Å². The van der Waals surface area contributed by atoms with Gasteiger partial charge in [0.1, 0.15) is 5.92 Å². The van der Waals surface area contributed by atoms with Crippen LogP contribution in [0.1, 0.15) is 15.9 Å². The van der Waals surface area contributed by atoms with Crippen LogP contribution in [-0.2, 0) is 9.53 Å². The quantitative estimate of drug-likeness (QED) is 0.912. The van der Waals surface area contributed by atoms with Crippen LogP contribution in [0, 0.1) is 12.8 Å². The van der Waals surface area contributed by atoms with Crippen LogP contribution in [0.2, 0.25) is 0 Å². The normalized spacial score (nSPS) is 21.8. The molecule has 2 atom stereocenters. The monoisotopic (exact) mass is 341 g/mol. The fraction of sp³-hybridized carbons (Fsp3) is 0.429. The summed E-state index contributed by atoms with van der Waals surface area (Å²) in [5.74, 6) is -1.82. The molecule has 2 unspecified atom stereocenters. The van der Waals surface area contributed by atoms with Crippen molar-refractivity contribution in [3.05, 3.63) is 33.8 Å². The molecule has 6 heteroatoms. The van der Waals surface area contributed by atoms with E-state index in [4.69, 9.17) is 9.84 Å². The van der Waals surface area contributed by atoms with Crippen LogP contribution in [0.3, 0.4) is 0 Å². The van der Waals surface area contributed by atoms with Crippen molar-refractivity contribution < 1.29 is 19.4 Å². The van der Waals surface area contributed by atoms with Crippen molar-refractivity contribution in [3.8, 4) is 0 Å². The molecule has 0 saturated carbocycles. The number of carbonyl (C=O) groups excluding carboxylic acids is 1. The second-order valence-corrected chi connectivity index (χ2v) is 5.80. The van der Waals surface area contributed by atoms with Gasteiger partial charge in [0.2, 0.25) is 0 Å². The van der Waals surface area contributed by atoms with Gasteiger partial charge >= 0.3 is 5.97 Å². The van der Waals surface area contributed by atoms with Crippen molar-refractivity contribution in [1.29, 1.82) is 0 Å². The molecule has 0 spiro atoms. The predicted octanol–water partition coefficient (Wildman–Crippen LogP) is 1.93. The average molecular weight is 342 g/mol. The maximum Gasteiger partial charge on any atom is 0.311 e. The number of likely N-dealkylation sites (N-methyl/N-ethyl adjacent to an activating group) is 1. The summed E-state index contributed by atoms with van der Waals surface area (Å²) >= 11 is 3.37. The number of hydrogen-bond acceptors (Lipinski definition) is 3. The summed E-state index contributed by atoms with van der Waals surface area (Å²) in [5, 5.41) is 9.15. The van der Waals surface area contributed by atoms with E-state index in [1.54, 1.807) is 13.1 Å². The summed E-state index contributed by atoms with van der Waals surface area (Å²) in [7, 11) is 1.61. The minimum atomic E-state index is -0.935. The molecule has 108 valence electrons. The Morgan fingerprint density at radius 1 is 1.40 bits per heavy atom. The lowest BCUT2D eigenvalue weighted by atomic mass is 10.0. The Kier molecular flexibility index (Phi) is 4.45. The highest BCUT2D eigenvalue weighted by Gasteiger charge is 2.38. The molecule has 20 heavy (non-hydrogen) atoms. The van der Waals surface area contributed by atoms with E-state index in [-0.39, 0.29) is 19.1 Å². The number of benzene rings is 1. The second-order valence-electron chi connectivity index (χ2n) is 4.95. The molecule has 1 amide bonds. The number of carboxylic acids is 1. The molecule has 0 aliphatic carbocycles. The standard InChI is InChI=1S/C14H16BrNO4/c1-8-3-4-9(11(15)5-8)13(17)16(2)12-7-20-6-10(12)14(18)19/h3-5,10,12H,6-7H2,1-2H3,(H,18,19). The third-order valence-electron chi connectivity index (χ3n) is 3.54. The number of carbonyl (C=O) groups is 2. The molecule has 0 radical (unpaired) electrons. The van der Waals surface area contributed by atoms with Gasteiger partial charge in [-0.05, 0) is 40.5 Å². The van der Waals surface area contributed by atoms with Crippen molar-refractivity contribution >= 4 is 27.8 Å². The lowest BCUT2D eigenvalue weighted by Crippen LogP contribution is -2.44. The first-order chi connectivity index (χ1) is 9.41. The van der Waals surface area contributed by atoms with Gasteiger partial charge < -0.3 is 14.7 Å². The highest BCUT2D eigenvalue weighted by molar-refractivity contribution is 9.10. The van der Waals surface area contributed by atoms with Crippen molar-refractivity contribution in [3.63, 3.8) is 0 Å². The smallest absolute Gasteiger partial charge is 0.311 e. The molecule has 1 N–H and O–H groups in total. The third-order valence-corrected chi connectivity index (χ3v) is 4.20. The molecule has 0 bridgehead atoms. The number of rotatable bonds is 3. The van der Waals surface area contributed by atoms with Crippen LogP contribution in [0.15, 0.2) is 22.7 Å². The molecule has 1 aliphatic heterocycles. The molecule has 0 aromatic heterocycles. The summed E-state index contributed by atoms with van der Waals surface area (Å²) in [6.07, 6.45) is 0.